The van der Waals surface area contributed by atoms with Crippen LogP contribution in [-0.4, -0.2) is 41.6 Å². The van der Waals surface area contributed by atoms with E-state index in [0.29, 0.717) is 11.1 Å². The molecule has 36 heavy (non-hydrogen) atoms. The Morgan fingerprint density at radius 1 is 1.17 bits per heavy atom. The summed E-state index contributed by atoms with van der Waals surface area (Å²) in [7, 11) is 0. The van der Waals surface area contributed by atoms with E-state index >= 15 is 0 Å². The lowest BCUT2D eigenvalue weighted by molar-refractivity contribution is -0.183. The van der Waals surface area contributed by atoms with Crippen molar-refractivity contribution in [1.29, 1.82) is 5.26 Å². The summed E-state index contributed by atoms with van der Waals surface area (Å²) in [5.41, 5.74) is 0.623. The Hall–Kier alpha value is -2.83. The third kappa shape index (κ3) is 5.93. The van der Waals surface area contributed by atoms with Crippen molar-refractivity contribution < 1.29 is 28.1 Å². The molecule has 7 nitrogen and oxygen atoms in total. The van der Waals surface area contributed by atoms with Crippen LogP contribution in [0.1, 0.15) is 57.2 Å². The Morgan fingerprint density at radius 3 is 2.67 bits per heavy atom. The van der Waals surface area contributed by atoms with Gasteiger partial charge in [0.25, 0.3) is 5.91 Å². The van der Waals surface area contributed by atoms with Crippen LogP contribution in [0.15, 0.2) is 48.5 Å². The van der Waals surface area contributed by atoms with Crippen molar-refractivity contribution in [2.45, 2.75) is 89.5 Å². The number of carbonyl (C=O) groups excluding carboxylic acids is 1. The summed E-state index contributed by atoms with van der Waals surface area (Å²) < 4.78 is 38.8. The summed E-state index contributed by atoms with van der Waals surface area (Å²) in [5, 5.41) is 12.4. The number of hydrogen-bond acceptors (Lipinski definition) is 6. The highest BCUT2D eigenvalue weighted by Gasteiger charge is 2.58. The molecule has 8 heteroatoms. The molecule has 2 aromatic rings. The number of nitriles is 1. The molecular formula is C28H33FN2O5. The number of amides is 1. The Labute approximate surface area is 211 Å². The van der Waals surface area contributed by atoms with Gasteiger partial charge in [0.1, 0.15) is 11.9 Å². The topological polar surface area (TPSA) is 89.8 Å². The van der Waals surface area contributed by atoms with Gasteiger partial charge in [0.05, 0.1) is 37.1 Å². The SMILES string of the molecule is CC(C)NC(=O)[C@@]1(OCc2cccc(F)c2)C[C@@H](OCc2ccccc2C#N)[C@@H]2OC(C)(C)O[C@@H]2C1. The van der Waals surface area contributed by atoms with Crippen LogP contribution < -0.4 is 5.32 Å². The number of nitrogens with one attached hydrogen (secondary N) is 1. The standard InChI is InChI=1S/C28H33FN2O5/c1-18(2)31-26(32)28(34-16-19-8-7-11-22(29)12-19)13-23(25-24(14-28)35-27(3,4)36-25)33-17-21-10-6-5-9-20(21)15-30/h5-12,18,23-25H,13-14,16-17H2,1-4H3,(H,31,32)/t23-,24-,25+,28-/m1/s1. The molecule has 0 radical (unpaired) electrons. The Kier molecular flexibility index (Phi) is 7.76. The van der Waals surface area contributed by atoms with Crippen molar-refractivity contribution in [2.24, 2.45) is 0 Å². The van der Waals surface area contributed by atoms with Crippen molar-refractivity contribution >= 4 is 5.91 Å². The van der Waals surface area contributed by atoms with E-state index < -0.39 is 29.7 Å². The minimum Gasteiger partial charge on any atom is -0.371 e. The van der Waals surface area contributed by atoms with E-state index in [0.717, 1.165) is 5.56 Å². The van der Waals surface area contributed by atoms with E-state index in [1.807, 2.05) is 39.8 Å². The van der Waals surface area contributed by atoms with Crippen LogP contribution in [0.5, 0.6) is 0 Å². The molecule has 1 saturated carbocycles. The molecule has 1 amide bonds. The first-order valence-electron chi connectivity index (χ1n) is 12.3. The van der Waals surface area contributed by atoms with Gasteiger partial charge in [-0.25, -0.2) is 4.39 Å². The largest absolute Gasteiger partial charge is 0.371 e. The van der Waals surface area contributed by atoms with Gasteiger partial charge in [0.2, 0.25) is 0 Å². The predicted octanol–water partition coefficient (Wildman–Crippen LogP) is 4.38. The maximum atomic E-state index is 13.8. The van der Waals surface area contributed by atoms with Gasteiger partial charge in [-0.3, -0.25) is 4.79 Å². The van der Waals surface area contributed by atoms with Gasteiger partial charge < -0.3 is 24.3 Å². The molecule has 1 aliphatic carbocycles. The normalized spacial score (nSPS) is 26.9. The van der Waals surface area contributed by atoms with Crippen molar-refractivity contribution in [3.8, 4) is 6.07 Å². The maximum absolute atomic E-state index is 13.8. The first-order chi connectivity index (χ1) is 17.1. The zero-order valence-electron chi connectivity index (χ0n) is 21.1. The lowest BCUT2D eigenvalue weighted by atomic mass is 9.78. The van der Waals surface area contributed by atoms with Gasteiger partial charge in [0.15, 0.2) is 11.4 Å². The molecule has 1 saturated heterocycles. The van der Waals surface area contributed by atoms with Crippen LogP contribution in [0.2, 0.25) is 0 Å². The number of carbonyl (C=O) groups is 1. The van der Waals surface area contributed by atoms with Gasteiger partial charge in [-0.15, -0.1) is 0 Å². The third-order valence-corrected chi connectivity index (χ3v) is 6.48. The first kappa shape index (κ1) is 26.2. The summed E-state index contributed by atoms with van der Waals surface area (Å²) in [5.74, 6) is -1.49. The number of ether oxygens (including phenoxy) is 4. The molecule has 0 aromatic heterocycles. The van der Waals surface area contributed by atoms with Crippen LogP contribution in [0.3, 0.4) is 0 Å². The smallest absolute Gasteiger partial charge is 0.252 e. The molecule has 0 bridgehead atoms. The van der Waals surface area contributed by atoms with Crippen molar-refractivity contribution in [3.05, 3.63) is 71.0 Å². The summed E-state index contributed by atoms with van der Waals surface area (Å²) in [6.07, 6.45) is -0.912. The van der Waals surface area contributed by atoms with Crippen molar-refractivity contribution in [3.63, 3.8) is 0 Å². The summed E-state index contributed by atoms with van der Waals surface area (Å²) in [4.78, 5) is 13.6. The number of fused-ring (bicyclic) bond motifs is 1. The van der Waals surface area contributed by atoms with Gasteiger partial charge in [-0.1, -0.05) is 30.3 Å². The van der Waals surface area contributed by atoms with Crippen LogP contribution in [0, 0.1) is 17.1 Å². The van der Waals surface area contributed by atoms with Crippen LogP contribution in [0.4, 0.5) is 4.39 Å². The summed E-state index contributed by atoms with van der Waals surface area (Å²) in [6, 6.07) is 15.4. The van der Waals surface area contributed by atoms with Crippen molar-refractivity contribution in [1.82, 2.24) is 5.32 Å². The minimum absolute atomic E-state index is 0.0505. The van der Waals surface area contributed by atoms with Gasteiger partial charge >= 0.3 is 0 Å². The van der Waals surface area contributed by atoms with Gasteiger partial charge in [-0.2, -0.15) is 5.26 Å². The molecule has 2 fully saturated rings. The fraction of sp³-hybridized carbons (Fsp3) is 0.500. The second-order valence-corrected chi connectivity index (χ2v) is 10.2. The minimum atomic E-state index is -1.28. The molecule has 2 aliphatic rings. The lowest BCUT2D eigenvalue weighted by Gasteiger charge is -2.43. The first-order valence-corrected chi connectivity index (χ1v) is 12.3. The zero-order valence-corrected chi connectivity index (χ0v) is 21.1. The predicted molar refractivity (Wildman–Crippen MR) is 130 cm³/mol. The molecule has 0 spiro atoms. The molecule has 0 unspecified atom stereocenters. The van der Waals surface area contributed by atoms with Crippen LogP contribution in [-0.2, 0) is 37.0 Å². The van der Waals surface area contributed by atoms with E-state index in [1.54, 1.807) is 24.3 Å². The zero-order chi connectivity index (χ0) is 25.9. The number of hydrogen-bond donors (Lipinski definition) is 1. The third-order valence-electron chi connectivity index (χ3n) is 6.48. The average Bonchev–Trinajstić information content (AvgIpc) is 3.14. The van der Waals surface area contributed by atoms with E-state index in [9.17, 15) is 14.4 Å². The Morgan fingerprint density at radius 2 is 1.94 bits per heavy atom. The highest BCUT2D eigenvalue weighted by molar-refractivity contribution is 5.85. The van der Waals surface area contributed by atoms with E-state index in [-0.39, 0.29) is 43.8 Å². The Balaban J connectivity index is 1.63. The second kappa shape index (κ2) is 10.7. The fourth-order valence-corrected chi connectivity index (χ4v) is 4.90. The van der Waals surface area contributed by atoms with Gasteiger partial charge in [0, 0.05) is 18.9 Å². The number of benzene rings is 2. The van der Waals surface area contributed by atoms with Crippen LogP contribution >= 0.6 is 0 Å². The monoisotopic (exact) mass is 496 g/mol. The molecule has 4 atom stereocenters. The van der Waals surface area contributed by atoms with Crippen molar-refractivity contribution in [2.75, 3.05) is 0 Å². The summed E-state index contributed by atoms with van der Waals surface area (Å²) >= 11 is 0. The highest BCUT2D eigenvalue weighted by atomic mass is 19.1. The average molecular weight is 497 g/mol. The molecule has 1 heterocycles. The van der Waals surface area contributed by atoms with E-state index in [2.05, 4.69) is 11.4 Å². The number of nitrogens with zero attached hydrogens (tertiary/aromatic N) is 1. The van der Waals surface area contributed by atoms with E-state index in [1.165, 1.54) is 12.1 Å². The lowest BCUT2D eigenvalue weighted by Crippen LogP contribution is -2.60. The highest BCUT2D eigenvalue weighted by Crippen LogP contribution is 2.44. The molecule has 4 rings (SSSR count). The molecule has 1 N–H and O–H groups in total. The second-order valence-electron chi connectivity index (χ2n) is 10.2. The quantitative estimate of drug-likeness (QED) is 0.584. The van der Waals surface area contributed by atoms with Gasteiger partial charge in [-0.05, 0) is 57.0 Å². The van der Waals surface area contributed by atoms with Crippen LogP contribution in [0.25, 0.3) is 0 Å². The number of rotatable bonds is 8. The summed E-state index contributed by atoms with van der Waals surface area (Å²) in [6.45, 7) is 7.65. The molecular weight excluding hydrogens is 463 g/mol. The Bertz CT molecular complexity index is 1130. The number of halogens is 1. The molecule has 2 aromatic carbocycles. The molecule has 1 aliphatic heterocycles. The fourth-order valence-electron chi connectivity index (χ4n) is 4.90. The molecule has 192 valence electrons. The maximum Gasteiger partial charge on any atom is 0.252 e. The van der Waals surface area contributed by atoms with E-state index in [4.69, 9.17) is 18.9 Å².